The van der Waals surface area contributed by atoms with Gasteiger partial charge in [0.2, 0.25) is 0 Å². The zero-order chi connectivity index (χ0) is 13.9. The lowest BCUT2D eigenvalue weighted by Crippen LogP contribution is -2.41. The quantitative estimate of drug-likeness (QED) is 0.765. The van der Waals surface area contributed by atoms with E-state index in [1.807, 2.05) is 0 Å². The lowest BCUT2D eigenvalue weighted by atomic mass is 9.58. The van der Waals surface area contributed by atoms with Crippen molar-refractivity contribution < 1.29 is 0 Å². The van der Waals surface area contributed by atoms with Crippen molar-refractivity contribution in [2.24, 2.45) is 29.1 Å². The van der Waals surface area contributed by atoms with Crippen LogP contribution in [0, 0.1) is 29.1 Å². The molecule has 1 N–H and O–H groups in total. The molecule has 2 aliphatic rings. The van der Waals surface area contributed by atoms with Gasteiger partial charge in [0.1, 0.15) is 0 Å². The third-order valence-electron chi connectivity index (χ3n) is 6.09. The minimum Gasteiger partial charge on any atom is -0.319 e. The van der Waals surface area contributed by atoms with Crippen LogP contribution in [-0.4, -0.2) is 13.6 Å². The van der Waals surface area contributed by atoms with E-state index in [4.69, 9.17) is 0 Å². The molecule has 2 saturated carbocycles. The second kappa shape index (κ2) is 6.61. The Bertz CT molecular complexity index is 271. The molecule has 2 rings (SSSR count). The van der Waals surface area contributed by atoms with Gasteiger partial charge in [0.15, 0.2) is 0 Å². The fraction of sp³-hybridized carbons (Fsp3) is 1.00. The Labute approximate surface area is 120 Å². The minimum atomic E-state index is 0.588. The molecular weight excluding hydrogens is 230 g/mol. The second-order valence-electron chi connectivity index (χ2n) is 8.01. The van der Waals surface area contributed by atoms with Crippen LogP contribution in [0.2, 0.25) is 0 Å². The Morgan fingerprint density at radius 2 is 1.74 bits per heavy atom. The normalized spacial score (nSPS) is 39.2. The summed E-state index contributed by atoms with van der Waals surface area (Å²) in [5.41, 5.74) is 0.588. The fourth-order valence-corrected chi connectivity index (χ4v) is 5.02. The smallest absolute Gasteiger partial charge is 0.00208 e. The van der Waals surface area contributed by atoms with Gasteiger partial charge in [-0.3, -0.25) is 0 Å². The van der Waals surface area contributed by atoms with Gasteiger partial charge in [-0.25, -0.2) is 0 Å². The largest absolute Gasteiger partial charge is 0.319 e. The summed E-state index contributed by atoms with van der Waals surface area (Å²) < 4.78 is 0. The van der Waals surface area contributed by atoms with Crippen LogP contribution in [0.3, 0.4) is 0 Å². The van der Waals surface area contributed by atoms with Crippen molar-refractivity contribution in [2.45, 2.75) is 72.1 Å². The number of rotatable bonds is 4. The Morgan fingerprint density at radius 1 is 1.00 bits per heavy atom. The third kappa shape index (κ3) is 3.74. The topological polar surface area (TPSA) is 12.0 Å². The van der Waals surface area contributed by atoms with Gasteiger partial charge >= 0.3 is 0 Å². The van der Waals surface area contributed by atoms with Crippen molar-refractivity contribution in [3.63, 3.8) is 0 Å². The van der Waals surface area contributed by atoms with Crippen LogP contribution in [0.25, 0.3) is 0 Å². The zero-order valence-electron chi connectivity index (χ0n) is 13.7. The van der Waals surface area contributed by atoms with E-state index in [0.717, 1.165) is 23.7 Å². The monoisotopic (exact) mass is 265 g/mol. The summed E-state index contributed by atoms with van der Waals surface area (Å²) in [5, 5.41) is 3.47. The summed E-state index contributed by atoms with van der Waals surface area (Å²) in [6, 6.07) is 0. The van der Waals surface area contributed by atoms with Crippen LogP contribution in [0.4, 0.5) is 0 Å². The molecule has 4 atom stereocenters. The maximum absolute atomic E-state index is 3.47. The van der Waals surface area contributed by atoms with Crippen molar-refractivity contribution in [1.82, 2.24) is 5.32 Å². The van der Waals surface area contributed by atoms with Crippen LogP contribution in [0.5, 0.6) is 0 Å². The highest BCUT2D eigenvalue weighted by molar-refractivity contribution is 4.92. The second-order valence-corrected chi connectivity index (χ2v) is 8.01. The molecule has 0 aromatic heterocycles. The van der Waals surface area contributed by atoms with E-state index >= 15 is 0 Å². The van der Waals surface area contributed by atoms with Crippen LogP contribution in [0.1, 0.15) is 72.1 Å². The van der Waals surface area contributed by atoms with Crippen molar-refractivity contribution in [1.29, 1.82) is 0 Å². The van der Waals surface area contributed by atoms with E-state index in [-0.39, 0.29) is 0 Å². The average molecular weight is 265 g/mol. The minimum absolute atomic E-state index is 0.588. The molecule has 1 heteroatoms. The number of nitrogens with one attached hydrogen (secondary N) is 1. The lowest BCUT2D eigenvalue weighted by Gasteiger charge is -2.48. The molecule has 0 heterocycles. The molecule has 0 radical (unpaired) electrons. The van der Waals surface area contributed by atoms with Gasteiger partial charge in [0, 0.05) is 0 Å². The molecule has 0 amide bonds. The third-order valence-corrected chi connectivity index (χ3v) is 6.09. The lowest BCUT2D eigenvalue weighted by molar-refractivity contribution is 0.0295. The Morgan fingerprint density at radius 3 is 2.42 bits per heavy atom. The highest BCUT2D eigenvalue weighted by Crippen LogP contribution is 2.50. The number of hydrogen-bond donors (Lipinski definition) is 1. The summed E-state index contributed by atoms with van der Waals surface area (Å²) in [6.45, 7) is 8.66. The summed E-state index contributed by atoms with van der Waals surface area (Å²) in [7, 11) is 2.13. The Balaban J connectivity index is 2.10. The molecule has 2 fully saturated rings. The van der Waals surface area contributed by atoms with Gasteiger partial charge in [-0.05, 0) is 68.4 Å². The van der Waals surface area contributed by atoms with Crippen LogP contribution >= 0.6 is 0 Å². The summed E-state index contributed by atoms with van der Waals surface area (Å²) in [6.07, 6.45) is 11.8. The molecule has 19 heavy (non-hydrogen) atoms. The van der Waals surface area contributed by atoms with Crippen LogP contribution in [-0.2, 0) is 0 Å². The first-order valence-corrected chi connectivity index (χ1v) is 8.72. The molecule has 112 valence electrons. The van der Waals surface area contributed by atoms with Gasteiger partial charge < -0.3 is 5.32 Å². The molecule has 0 spiro atoms. The van der Waals surface area contributed by atoms with Gasteiger partial charge in [-0.15, -0.1) is 0 Å². The molecule has 0 aromatic carbocycles. The van der Waals surface area contributed by atoms with Crippen LogP contribution < -0.4 is 5.32 Å². The molecule has 0 aromatic rings. The Kier molecular flexibility index (Phi) is 5.34. The fourth-order valence-electron chi connectivity index (χ4n) is 5.02. The molecule has 0 saturated heterocycles. The van der Waals surface area contributed by atoms with E-state index in [1.165, 1.54) is 57.9 Å². The van der Waals surface area contributed by atoms with Gasteiger partial charge in [0.25, 0.3) is 0 Å². The predicted molar refractivity (Wildman–Crippen MR) is 84.3 cm³/mol. The maximum Gasteiger partial charge on any atom is -0.00208 e. The van der Waals surface area contributed by atoms with Crippen molar-refractivity contribution >= 4 is 0 Å². The Hall–Kier alpha value is -0.0400. The maximum atomic E-state index is 3.47. The first-order chi connectivity index (χ1) is 9.07. The number of hydrogen-bond acceptors (Lipinski definition) is 1. The molecule has 1 nitrogen and oxygen atoms in total. The predicted octanol–water partition coefficient (Wildman–Crippen LogP) is 4.86. The van der Waals surface area contributed by atoms with Gasteiger partial charge in [-0.1, -0.05) is 46.5 Å². The summed E-state index contributed by atoms with van der Waals surface area (Å²) in [5.74, 6) is 3.97. The van der Waals surface area contributed by atoms with Crippen molar-refractivity contribution in [2.75, 3.05) is 13.6 Å². The average Bonchev–Trinajstić information content (AvgIpc) is 2.40. The highest BCUT2D eigenvalue weighted by atomic mass is 14.8. The molecule has 0 aliphatic heterocycles. The molecular formula is C18H35N. The molecule has 2 aliphatic carbocycles. The van der Waals surface area contributed by atoms with Crippen molar-refractivity contribution in [3.05, 3.63) is 0 Å². The highest BCUT2D eigenvalue weighted by Gasteiger charge is 2.41. The first kappa shape index (κ1) is 15.4. The van der Waals surface area contributed by atoms with E-state index in [1.54, 1.807) is 0 Å². The standard InChI is InChI=1S/C18H35N/c1-5-14-8-6-7-9-16(14)17-12-18(2,3)11-10-15(17)13-19-4/h14-17,19H,5-13H2,1-4H3. The van der Waals surface area contributed by atoms with E-state index in [2.05, 4.69) is 33.1 Å². The summed E-state index contributed by atoms with van der Waals surface area (Å²) >= 11 is 0. The van der Waals surface area contributed by atoms with Crippen LogP contribution in [0.15, 0.2) is 0 Å². The molecule has 0 bridgehead atoms. The zero-order valence-corrected chi connectivity index (χ0v) is 13.7. The van der Waals surface area contributed by atoms with E-state index < -0.39 is 0 Å². The van der Waals surface area contributed by atoms with Gasteiger partial charge in [0.05, 0.1) is 0 Å². The van der Waals surface area contributed by atoms with Gasteiger partial charge in [-0.2, -0.15) is 0 Å². The van der Waals surface area contributed by atoms with E-state index in [9.17, 15) is 0 Å². The first-order valence-electron chi connectivity index (χ1n) is 8.72. The molecule has 4 unspecified atom stereocenters. The van der Waals surface area contributed by atoms with E-state index in [0.29, 0.717) is 5.41 Å². The summed E-state index contributed by atoms with van der Waals surface area (Å²) in [4.78, 5) is 0. The SMILES string of the molecule is CCC1CCCCC1C1CC(C)(C)CCC1CNC. The van der Waals surface area contributed by atoms with Crippen molar-refractivity contribution in [3.8, 4) is 0 Å².